The van der Waals surface area contributed by atoms with E-state index in [0.29, 0.717) is 36.8 Å². The maximum Gasteiger partial charge on any atom is 0.173 e. The summed E-state index contributed by atoms with van der Waals surface area (Å²) in [5.41, 5.74) is 1.92. The van der Waals surface area contributed by atoms with E-state index in [1.165, 1.54) is 0 Å². The lowest BCUT2D eigenvalue weighted by molar-refractivity contribution is -0.120. The largest absolute Gasteiger partial charge is 0.348 e. The highest BCUT2D eigenvalue weighted by atomic mass is 35.5. The van der Waals surface area contributed by atoms with Crippen LogP contribution in [0.25, 0.3) is 0 Å². The van der Waals surface area contributed by atoms with Crippen LogP contribution in [0, 0.1) is 6.92 Å². The van der Waals surface area contributed by atoms with Gasteiger partial charge >= 0.3 is 0 Å². The van der Waals surface area contributed by atoms with Crippen LogP contribution >= 0.6 is 23.8 Å². The van der Waals surface area contributed by atoms with Crippen LogP contribution in [0.3, 0.4) is 0 Å². The third kappa shape index (κ3) is 3.21. The van der Waals surface area contributed by atoms with Gasteiger partial charge < -0.3 is 10.2 Å². The summed E-state index contributed by atoms with van der Waals surface area (Å²) in [7, 11) is 0. The minimum absolute atomic E-state index is 0.312. The normalized spacial score (nSPS) is 15.7. The van der Waals surface area contributed by atoms with Crippen molar-refractivity contribution in [3.8, 4) is 0 Å². The van der Waals surface area contributed by atoms with E-state index >= 15 is 0 Å². The zero-order valence-corrected chi connectivity index (χ0v) is 11.8. The predicted octanol–water partition coefficient (Wildman–Crippen LogP) is 3.01. The number of Topliss-reactive ketones (excluding diaryl/α,β-unsaturated/α-hetero) is 1. The first-order chi connectivity index (χ1) is 8.56. The summed E-state index contributed by atoms with van der Waals surface area (Å²) < 4.78 is 0. The average molecular weight is 283 g/mol. The molecule has 0 amide bonds. The number of ketones is 1. The zero-order chi connectivity index (χ0) is 13.1. The van der Waals surface area contributed by atoms with Crippen molar-refractivity contribution < 1.29 is 4.79 Å². The number of aryl methyl sites for hydroxylation is 1. The van der Waals surface area contributed by atoms with Crippen molar-refractivity contribution >= 4 is 40.4 Å². The molecule has 18 heavy (non-hydrogen) atoms. The standard InChI is InChI=1S/C13H15ClN2OS/c1-9-2-3-10(8-12(9)14)15-13(18)16-6-4-11(17)5-7-16/h2-3,8H,4-7H2,1H3,(H,15,18). The van der Waals surface area contributed by atoms with Gasteiger partial charge in [-0.15, -0.1) is 0 Å². The van der Waals surface area contributed by atoms with Gasteiger partial charge in [0.15, 0.2) is 5.11 Å². The highest BCUT2D eigenvalue weighted by molar-refractivity contribution is 7.80. The van der Waals surface area contributed by atoms with Gasteiger partial charge in [-0.3, -0.25) is 4.79 Å². The Kier molecular flexibility index (Phi) is 4.19. The number of likely N-dealkylation sites (tertiary alicyclic amines) is 1. The second-order valence-electron chi connectivity index (χ2n) is 4.42. The van der Waals surface area contributed by atoms with Crippen LogP contribution in [0.15, 0.2) is 18.2 Å². The lowest BCUT2D eigenvalue weighted by atomic mass is 10.1. The number of hydrogen-bond donors (Lipinski definition) is 1. The Bertz CT molecular complexity index is 480. The van der Waals surface area contributed by atoms with E-state index in [9.17, 15) is 4.79 Å². The van der Waals surface area contributed by atoms with E-state index in [0.717, 1.165) is 16.3 Å². The summed E-state index contributed by atoms with van der Waals surface area (Å²) in [6.07, 6.45) is 1.16. The van der Waals surface area contributed by atoms with Gasteiger partial charge in [0.25, 0.3) is 0 Å². The Labute approximate surface area is 117 Å². The van der Waals surface area contributed by atoms with E-state index in [1.807, 2.05) is 30.0 Å². The van der Waals surface area contributed by atoms with Crippen LogP contribution in [0.5, 0.6) is 0 Å². The fraction of sp³-hybridized carbons (Fsp3) is 0.385. The van der Waals surface area contributed by atoms with Gasteiger partial charge in [-0.2, -0.15) is 0 Å². The van der Waals surface area contributed by atoms with Crippen LogP contribution in [0.4, 0.5) is 5.69 Å². The van der Waals surface area contributed by atoms with Gasteiger partial charge in [0.2, 0.25) is 0 Å². The lowest BCUT2D eigenvalue weighted by Gasteiger charge is -2.28. The monoisotopic (exact) mass is 282 g/mol. The number of halogens is 1. The third-order valence-corrected chi connectivity index (χ3v) is 3.80. The molecule has 0 radical (unpaired) electrons. The number of thiocarbonyl (C=S) groups is 1. The van der Waals surface area contributed by atoms with Gasteiger partial charge in [-0.25, -0.2) is 0 Å². The topological polar surface area (TPSA) is 32.3 Å². The summed E-state index contributed by atoms with van der Waals surface area (Å²) in [5.74, 6) is 0.312. The summed E-state index contributed by atoms with van der Waals surface area (Å²) in [6.45, 7) is 3.36. The molecule has 1 N–H and O–H groups in total. The maximum atomic E-state index is 11.2. The van der Waals surface area contributed by atoms with Crippen molar-refractivity contribution in [2.75, 3.05) is 18.4 Å². The van der Waals surface area contributed by atoms with E-state index in [2.05, 4.69) is 5.32 Å². The molecule has 0 bridgehead atoms. The molecule has 0 atom stereocenters. The van der Waals surface area contributed by atoms with Crippen LogP contribution in [-0.4, -0.2) is 28.9 Å². The zero-order valence-electron chi connectivity index (χ0n) is 10.2. The summed E-state index contributed by atoms with van der Waals surface area (Å²) in [5, 5.41) is 4.53. The molecule has 1 aromatic rings. The van der Waals surface area contributed by atoms with Crippen molar-refractivity contribution in [1.82, 2.24) is 4.90 Å². The molecule has 0 unspecified atom stereocenters. The predicted molar refractivity (Wildman–Crippen MR) is 78.2 cm³/mol. The van der Waals surface area contributed by atoms with Crippen LogP contribution < -0.4 is 5.32 Å². The number of benzene rings is 1. The molecule has 1 aliphatic heterocycles. The molecule has 3 nitrogen and oxygen atoms in total. The molecular formula is C13H15ClN2OS. The Hall–Kier alpha value is -1.13. The van der Waals surface area contributed by atoms with Crippen molar-refractivity contribution in [3.05, 3.63) is 28.8 Å². The van der Waals surface area contributed by atoms with Gasteiger partial charge in [0.1, 0.15) is 5.78 Å². The fourth-order valence-corrected chi connectivity index (χ4v) is 2.31. The molecule has 0 spiro atoms. The van der Waals surface area contributed by atoms with Crippen LogP contribution in [0.2, 0.25) is 5.02 Å². The molecule has 2 rings (SSSR count). The first kappa shape index (κ1) is 13.3. The third-order valence-electron chi connectivity index (χ3n) is 3.03. The molecule has 5 heteroatoms. The quantitative estimate of drug-likeness (QED) is 0.803. The molecule has 0 saturated carbocycles. The fourth-order valence-electron chi connectivity index (χ4n) is 1.83. The maximum absolute atomic E-state index is 11.2. The molecule has 96 valence electrons. The summed E-state index contributed by atoms with van der Waals surface area (Å²) >= 11 is 11.4. The van der Waals surface area contributed by atoms with Crippen molar-refractivity contribution in [2.45, 2.75) is 19.8 Å². The van der Waals surface area contributed by atoms with Gasteiger partial charge in [-0.1, -0.05) is 17.7 Å². The highest BCUT2D eigenvalue weighted by Crippen LogP contribution is 2.20. The van der Waals surface area contributed by atoms with E-state index in [-0.39, 0.29) is 0 Å². The van der Waals surface area contributed by atoms with E-state index < -0.39 is 0 Å². The Balaban J connectivity index is 1.98. The number of carbonyl (C=O) groups excluding carboxylic acids is 1. The SMILES string of the molecule is Cc1ccc(NC(=S)N2CCC(=O)CC2)cc1Cl. The second-order valence-corrected chi connectivity index (χ2v) is 5.21. The van der Waals surface area contributed by atoms with Gasteiger partial charge in [-0.05, 0) is 36.8 Å². The number of anilines is 1. The molecule has 1 heterocycles. The number of nitrogens with zero attached hydrogens (tertiary/aromatic N) is 1. The van der Waals surface area contributed by atoms with Gasteiger partial charge in [0.05, 0.1) is 0 Å². The smallest absolute Gasteiger partial charge is 0.173 e. The van der Waals surface area contributed by atoms with Crippen molar-refractivity contribution in [2.24, 2.45) is 0 Å². The number of hydrogen-bond acceptors (Lipinski definition) is 2. The van der Waals surface area contributed by atoms with Crippen LogP contribution in [-0.2, 0) is 4.79 Å². The minimum atomic E-state index is 0.312. The molecular weight excluding hydrogens is 268 g/mol. The van der Waals surface area contributed by atoms with Crippen molar-refractivity contribution in [1.29, 1.82) is 0 Å². The van der Waals surface area contributed by atoms with Crippen molar-refractivity contribution in [3.63, 3.8) is 0 Å². The first-order valence-corrected chi connectivity index (χ1v) is 6.68. The number of rotatable bonds is 1. The highest BCUT2D eigenvalue weighted by Gasteiger charge is 2.18. The second kappa shape index (κ2) is 5.67. The summed E-state index contributed by atoms with van der Waals surface area (Å²) in [4.78, 5) is 13.2. The lowest BCUT2D eigenvalue weighted by Crippen LogP contribution is -2.41. The first-order valence-electron chi connectivity index (χ1n) is 5.90. The Morgan fingerprint density at radius 3 is 2.67 bits per heavy atom. The van der Waals surface area contributed by atoms with E-state index in [4.69, 9.17) is 23.8 Å². The minimum Gasteiger partial charge on any atom is -0.348 e. The molecule has 0 aliphatic carbocycles. The molecule has 1 aromatic carbocycles. The van der Waals surface area contributed by atoms with E-state index in [1.54, 1.807) is 0 Å². The van der Waals surface area contributed by atoms with Crippen LogP contribution in [0.1, 0.15) is 18.4 Å². The Morgan fingerprint density at radius 2 is 2.06 bits per heavy atom. The average Bonchev–Trinajstić information content (AvgIpc) is 2.34. The number of piperidine rings is 1. The molecule has 1 fully saturated rings. The number of carbonyl (C=O) groups is 1. The molecule has 1 aliphatic rings. The summed E-state index contributed by atoms with van der Waals surface area (Å²) in [6, 6.07) is 5.76. The Morgan fingerprint density at radius 1 is 1.39 bits per heavy atom. The van der Waals surface area contributed by atoms with Gasteiger partial charge in [0, 0.05) is 36.6 Å². The number of nitrogens with one attached hydrogen (secondary N) is 1. The molecule has 1 saturated heterocycles. The molecule has 0 aromatic heterocycles.